The van der Waals surface area contributed by atoms with Crippen LogP contribution in [-0.2, 0) is 22.8 Å². The first-order valence-electron chi connectivity index (χ1n) is 15.8. The molecule has 1 aliphatic rings. The number of carbonyl (C=O) groups is 2. The Labute approximate surface area is 264 Å². The zero-order chi connectivity index (χ0) is 32.8. The van der Waals surface area contributed by atoms with Crippen molar-refractivity contribution in [3.05, 3.63) is 94.8 Å². The van der Waals surface area contributed by atoms with Gasteiger partial charge in [-0.15, -0.1) is 0 Å². The van der Waals surface area contributed by atoms with E-state index in [1.54, 1.807) is 6.20 Å². The second-order valence-corrected chi connectivity index (χ2v) is 13.1. The van der Waals surface area contributed by atoms with Crippen LogP contribution in [0.4, 0.5) is 23.7 Å². The number of amides is 3. The third-order valence-corrected chi connectivity index (χ3v) is 8.98. The van der Waals surface area contributed by atoms with Gasteiger partial charge in [0.1, 0.15) is 5.54 Å². The topological polar surface area (TPSA) is 83.1 Å². The highest BCUT2D eigenvalue weighted by Gasteiger charge is 2.42. The van der Waals surface area contributed by atoms with Crippen molar-refractivity contribution >= 4 is 17.6 Å². The first-order chi connectivity index (χ1) is 21.3. The van der Waals surface area contributed by atoms with Gasteiger partial charge in [-0.05, 0) is 66.5 Å². The van der Waals surface area contributed by atoms with Gasteiger partial charge in [-0.25, -0.2) is 4.79 Å². The fraction of sp³-hybridized carbons (Fsp3) is 0.472. The second-order valence-electron chi connectivity index (χ2n) is 13.1. The van der Waals surface area contributed by atoms with Crippen molar-refractivity contribution in [2.45, 2.75) is 102 Å². The molecule has 3 aromatic rings. The lowest BCUT2D eigenvalue weighted by atomic mass is 9.71. The summed E-state index contributed by atoms with van der Waals surface area (Å²) in [5.41, 5.74) is 0.363. The lowest BCUT2D eigenvalue weighted by Crippen LogP contribution is -2.60. The molecule has 3 amide bonds. The van der Waals surface area contributed by atoms with E-state index in [1.165, 1.54) is 25.1 Å². The molecule has 1 unspecified atom stereocenters. The molecule has 0 radical (unpaired) electrons. The fourth-order valence-corrected chi connectivity index (χ4v) is 6.48. The SMILES string of the molecule is CC(C)c1cccc(C(C)C)c1NC(=O)NC(C)(Cc1ccccc1C(F)(F)F)C(=O)NCC1(c2ccccn2)CCCCC1. The van der Waals surface area contributed by atoms with E-state index in [4.69, 9.17) is 0 Å². The normalized spacial score (nSPS) is 16.2. The molecule has 45 heavy (non-hydrogen) atoms. The Morgan fingerprint density at radius 1 is 0.867 bits per heavy atom. The Balaban J connectivity index is 1.67. The van der Waals surface area contributed by atoms with Crippen molar-refractivity contribution in [2.24, 2.45) is 0 Å². The van der Waals surface area contributed by atoms with Crippen LogP contribution in [0, 0.1) is 0 Å². The lowest BCUT2D eigenvalue weighted by Gasteiger charge is -2.38. The largest absolute Gasteiger partial charge is 0.416 e. The molecule has 0 bridgehead atoms. The second kappa shape index (κ2) is 14.0. The van der Waals surface area contributed by atoms with E-state index in [9.17, 15) is 22.8 Å². The number of nitrogens with one attached hydrogen (secondary N) is 3. The van der Waals surface area contributed by atoms with Crippen molar-refractivity contribution in [1.29, 1.82) is 0 Å². The molecule has 6 nitrogen and oxygen atoms in total. The molecule has 1 aromatic heterocycles. The van der Waals surface area contributed by atoms with Crippen LogP contribution < -0.4 is 16.0 Å². The van der Waals surface area contributed by atoms with Gasteiger partial charge in [-0.2, -0.15) is 13.2 Å². The maximum Gasteiger partial charge on any atom is 0.416 e. The van der Waals surface area contributed by atoms with Gasteiger partial charge >= 0.3 is 12.2 Å². The van der Waals surface area contributed by atoms with Crippen molar-refractivity contribution in [2.75, 3.05) is 11.9 Å². The van der Waals surface area contributed by atoms with Gasteiger partial charge in [0, 0.05) is 36.0 Å². The molecule has 242 valence electrons. The summed E-state index contributed by atoms with van der Waals surface area (Å²) in [6, 6.07) is 16.1. The number of carbonyl (C=O) groups excluding carboxylic acids is 2. The first kappa shape index (κ1) is 34.0. The van der Waals surface area contributed by atoms with Crippen LogP contribution in [0.3, 0.4) is 0 Å². The smallest absolute Gasteiger partial charge is 0.353 e. The highest BCUT2D eigenvalue weighted by atomic mass is 19.4. The van der Waals surface area contributed by atoms with E-state index in [2.05, 4.69) is 20.9 Å². The number of nitrogens with zero attached hydrogens (tertiary/aromatic N) is 1. The van der Waals surface area contributed by atoms with E-state index in [0.29, 0.717) is 5.69 Å². The lowest BCUT2D eigenvalue weighted by molar-refractivity contribution is -0.138. The summed E-state index contributed by atoms with van der Waals surface area (Å²) in [5, 5.41) is 8.79. The summed E-state index contributed by atoms with van der Waals surface area (Å²) in [4.78, 5) is 32.4. The van der Waals surface area contributed by atoms with Gasteiger partial charge in [0.05, 0.1) is 5.56 Å². The number of rotatable bonds is 10. The van der Waals surface area contributed by atoms with Gasteiger partial charge in [0.15, 0.2) is 0 Å². The van der Waals surface area contributed by atoms with Gasteiger partial charge in [-0.1, -0.05) is 89.4 Å². The molecule has 9 heteroatoms. The Morgan fingerprint density at radius 3 is 2.07 bits per heavy atom. The molecule has 1 atom stereocenters. The molecule has 1 fully saturated rings. The van der Waals surface area contributed by atoms with E-state index in [1.807, 2.05) is 64.1 Å². The molecule has 4 rings (SSSR count). The number of hydrogen-bond acceptors (Lipinski definition) is 3. The van der Waals surface area contributed by atoms with E-state index < -0.39 is 34.6 Å². The number of para-hydroxylation sites is 1. The minimum absolute atomic E-state index is 0.0782. The standard InChI is InChI=1S/C36H45F3N4O2/c1-24(2)27-15-13-16-28(25(3)4)31(27)42-33(45)43-34(5,22-26-14-7-8-17-29(26)36(37,38)39)32(44)41-23-35(19-10-6-11-20-35)30-18-9-12-21-40-30/h7-9,12-18,21,24-25H,6,10-11,19-20,22-23H2,1-5H3,(H,41,44)(H2,42,43,45). The summed E-state index contributed by atoms with van der Waals surface area (Å²) in [5.74, 6) is -0.354. The Kier molecular flexibility index (Phi) is 10.6. The maximum absolute atomic E-state index is 14.1. The Hall–Kier alpha value is -3.88. The zero-order valence-electron chi connectivity index (χ0n) is 26.9. The van der Waals surface area contributed by atoms with Crippen LogP contribution in [0.25, 0.3) is 0 Å². The molecule has 1 heterocycles. The summed E-state index contributed by atoms with van der Waals surface area (Å²) in [6.07, 6.45) is 1.47. The number of halogens is 3. The van der Waals surface area contributed by atoms with E-state index in [-0.39, 0.29) is 30.4 Å². The zero-order valence-corrected chi connectivity index (χ0v) is 26.9. The number of alkyl halides is 3. The van der Waals surface area contributed by atoms with Gasteiger partial charge in [-0.3, -0.25) is 9.78 Å². The molecular formula is C36H45F3N4O2. The molecular weight excluding hydrogens is 577 g/mol. The van der Waals surface area contributed by atoms with Gasteiger partial charge in [0.25, 0.3) is 0 Å². The predicted octanol–water partition coefficient (Wildman–Crippen LogP) is 8.49. The monoisotopic (exact) mass is 622 g/mol. The molecule has 1 aliphatic carbocycles. The number of pyridine rings is 1. The first-order valence-corrected chi connectivity index (χ1v) is 15.8. The minimum Gasteiger partial charge on any atom is -0.353 e. The molecule has 0 aliphatic heterocycles. The van der Waals surface area contributed by atoms with Crippen LogP contribution in [-0.4, -0.2) is 29.0 Å². The average molecular weight is 623 g/mol. The summed E-state index contributed by atoms with van der Waals surface area (Å²) in [6.45, 7) is 9.85. The van der Waals surface area contributed by atoms with Crippen molar-refractivity contribution in [3.8, 4) is 0 Å². The van der Waals surface area contributed by atoms with E-state index >= 15 is 0 Å². The van der Waals surface area contributed by atoms with Crippen LogP contribution in [0.15, 0.2) is 66.9 Å². The number of anilines is 1. The van der Waals surface area contributed by atoms with Crippen molar-refractivity contribution in [3.63, 3.8) is 0 Å². The third-order valence-electron chi connectivity index (χ3n) is 8.98. The highest BCUT2D eigenvalue weighted by Crippen LogP contribution is 2.39. The number of benzene rings is 2. The van der Waals surface area contributed by atoms with Crippen molar-refractivity contribution in [1.82, 2.24) is 15.6 Å². The molecule has 0 saturated heterocycles. The maximum atomic E-state index is 14.1. The number of hydrogen-bond donors (Lipinski definition) is 3. The molecule has 3 N–H and O–H groups in total. The van der Waals surface area contributed by atoms with Crippen LogP contribution in [0.2, 0.25) is 0 Å². The van der Waals surface area contributed by atoms with E-state index in [0.717, 1.165) is 55.0 Å². The number of urea groups is 1. The fourth-order valence-electron chi connectivity index (χ4n) is 6.48. The summed E-state index contributed by atoms with van der Waals surface area (Å²) in [7, 11) is 0. The predicted molar refractivity (Wildman–Crippen MR) is 172 cm³/mol. The van der Waals surface area contributed by atoms with Gasteiger partial charge in [0.2, 0.25) is 5.91 Å². The third kappa shape index (κ3) is 8.05. The van der Waals surface area contributed by atoms with Gasteiger partial charge < -0.3 is 16.0 Å². The Bertz CT molecular complexity index is 1440. The van der Waals surface area contributed by atoms with Crippen LogP contribution in [0.1, 0.15) is 107 Å². The Morgan fingerprint density at radius 2 is 1.49 bits per heavy atom. The molecule has 2 aromatic carbocycles. The summed E-state index contributed by atoms with van der Waals surface area (Å²) >= 11 is 0. The average Bonchev–Trinajstić information content (AvgIpc) is 3.00. The summed E-state index contributed by atoms with van der Waals surface area (Å²) < 4.78 is 42.1. The molecule has 0 spiro atoms. The quantitative estimate of drug-likeness (QED) is 0.212. The highest BCUT2D eigenvalue weighted by molar-refractivity contribution is 5.97. The molecule has 1 saturated carbocycles. The minimum atomic E-state index is -4.62. The number of aromatic nitrogens is 1. The van der Waals surface area contributed by atoms with Crippen LogP contribution >= 0.6 is 0 Å². The van der Waals surface area contributed by atoms with Crippen molar-refractivity contribution < 1.29 is 22.8 Å². The van der Waals surface area contributed by atoms with Crippen LogP contribution in [0.5, 0.6) is 0 Å².